The summed E-state index contributed by atoms with van der Waals surface area (Å²) in [6.07, 6.45) is 0.892. The summed E-state index contributed by atoms with van der Waals surface area (Å²) in [5.41, 5.74) is 0. The van der Waals surface area contributed by atoms with Crippen molar-refractivity contribution in [3.8, 4) is 0 Å². The maximum atomic E-state index is 11.9. The van der Waals surface area contributed by atoms with Crippen LogP contribution in [0.4, 0.5) is 0 Å². The van der Waals surface area contributed by atoms with Gasteiger partial charge < -0.3 is 10.2 Å². The van der Waals surface area contributed by atoms with Crippen molar-refractivity contribution in [2.75, 3.05) is 24.6 Å². The van der Waals surface area contributed by atoms with Crippen LogP contribution in [0.2, 0.25) is 0 Å². The highest BCUT2D eigenvalue weighted by atomic mass is 32.2. The van der Waals surface area contributed by atoms with E-state index in [4.69, 9.17) is 0 Å². The number of hydrogen-bond donors (Lipinski definition) is 1. The summed E-state index contributed by atoms with van der Waals surface area (Å²) in [5, 5.41) is 2.59. The Labute approximate surface area is 93.9 Å². The molecule has 0 bridgehead atoms. The van der Waals surface area contributed by atoms with Gasteiger partial charge >= 0.3 is 0 Å². The summed E-state index contributed by atoms with van der Waals surface area (Å²) >= 11 is 0. The zero-order valence-corrected chi connectivity index (χ0v) is 9.62. The van der Waals surface area contributed by atoms with E-state index < -0.39 is 15.9 Å². The molecule has 0 saturated carbocycles. The van der Waals surface area contributed by atoms with Crippen LogP contribution >= 0.6 is 0 Å². The van der Waals surface area contributed by atoms with E-state index in [1.54, 1.807) is 0 Å². The van der Waals surface area contributed by atoms with E-state index in [2.05, 4.69) is 5.32 Å². The Hall–Kier alpha value is -1.11. The third-order valence-corrected chi connectivity index (χ3v) is 4.56. The number of nitrogens with zero attached hydrogens (tertiary/aromatic N) is 1. The molecular weight excluding hydrogens is 232 g/mol. The lowest BCUT2D eigenvalue weighted by atomic mass is 10.2. The van der Waals surface area contributed by atoms with Crippen LogP contribution < -0.4 is 5.32 Å². The zero-order valence-electron chi connectivity index (χ0n) is 8.81. The van der Waals surface area contributed by atoms with E-state index in [-0.39, 0.29) is 36.4 Å². The standard InChI is InChI=1S/C9H14N2O4S/c12-8-2-1-7(10-8)9(13)11-3-5-16(14,15)6-4-11/h7H,1-6H2,(H,10,12). The molecule has 90 valence electrons. The average molecular weight is 246 g/mol. The van der Waals surface area contributed by atoms with Crippen LogP contribution in [0.25, 0.3) is 0 Å². The second kappa shape index (κ2) is 4.04. The third kappa shape index (κ3) is 2.34. The minimum atomic E-state index is -2.96. The maximum Gasteiger partial charge on any atom is 0.245 e. The van der Waals surface area contributed by atoms with Crippen LogP contribution in [-0.4, -0.2) is 55.8 Å². The van der Waals surface area contributed by atoms with Crippen molar-refractivity contribution in [2.45, 2.75) is 18.9 Å². The normalized spacial score (nSPS) is 28.9. The maximum absolute atomic E-state index is 11.9. The van der Waals surface area contributed by atoms with Gasteiger partial charge in [0, 0.05) is 19.5 Å². The van der Waals surface area contributed by atoms with E-state index in [0.29, 0.717) is 12.8 Å². The minimum Gasteiger partial charge on any atom is -0.344 e. The summed E-state index contributed by atoms with van der Waals surface area (Å²) in [6, 6.07) is -0.451. The first-order chi connectivity index (χ1) is 7.48. The predicted octanol–water partition coefficient (Wildman–Crippen LogP) is -1.48. The Kier molecular flexibility index (Phi) is 2.88. The van der Waals surface area contributed by atoms with Crippen molar-refractivity contribution in [3.05, 3.63) is 0 Å². The Morgan fingerprint density at radius 2 is 1.94 bits per heavy atom. The number of hydrogen-bond acceptors (Lipinski definition) is 4. The van der Waals surface area contributed by atoms with Gasteiger partial charge in [0.05, 0.1) is 11.5 Å². The van der Waals surface area contributed by atoms with Crippen LogP contribution in [0.5, 0.6) is 0 Å². The van der Waals surface area contributed by atoms with Gasteiger partial charge in [0.25, 0.3) is 0 Å². The van der Waals surface area contributed by atoms with Gasteiger partial charge in [-0.15, -0.1) is 0 Å². The molecule has 1 N–H and O–H groups in total. The van der Waals surface area contributed by atoms with E-state index in [9.17, 15) is 18.0 Å². The Bertz CT molecular complexity index is 403. The molecule has 0 aliphatic carbocycles. The second-order valence-corrected chi connectivity index (χ2v) is 6.44. The van der Waals surface area contributed by atoms with E-state index in [1.807, 2.05) is 0 Å². The number of carbonyl (C=O) groups excluding carboxylic acids is 2. The van der Waals surface area contributed by atoms with Crippen molar-refractivity contribution < 1.29 is 18.0 Å². The first kappa shape index (κ1) is 11.4. The fourth-order valence-electron chi connectivity index (χ4n) is 1.95. The molecular formula is C9H14N2O4S. The molecule has 0 spiro atoms. The molecule has 6 nitrogen and oxygen atoms in total. The molecule has 0 radical (unpaired) electrons. The van der Waals surface area contributed by atoms with Crippen molar-refractivity contribution >= 4 is 21.7 Å². The van der Waals surface area contributed by atoms with Crippen LogP contribution in [0.3, 0.4) is 0 Å². The summed E-state index contributed by atoms with van der Waals surface area (Å²) in [5.74, 6) is -0.206. The topological polar surface area (TPSA) is 83.6 Å². The minimum absolute atomic E-state index is 0.0272. The molecule has 16 heavy (non-hydrogen) atoms. The molecule has 2 fully saturated rings. The van der Waals surface area contributed by atoms with Gasteiger partial charge in [0.1, 0.15) is 6.04 Å². The molecule has 1 unspecified atom stereocenters. The molecule has 0 aromatic heterocycles. The fourth-order valence-corrected chi connectivity index (χ4v) is 3.15. The number of sulfone groups is 1. The molecule has 1 atom stereocenters. The number of amides is 2. The smallest absolute Gasteiger partial charge is 0.245 e. The van der Waals surface area contributed by atoms with Crippen molar-refractivity contribution in [1.82, 2.24) is 10.2 Å². The van der Waals surface area contributed by atoms with E-state index in [0.717, 1.165) is 0 Å². The lowest BCUT2D eigenvalue weighted by Gasteiger charge is -2.28. The van der Waals surface area contributed by atoms with Crippen LogP contribution in [0.15, 0.2) is 0 Å². The molecule has 2 rings (SSSR count). The highest BCUT2D eigenvalue weighted by Crippen LogP contribution is 2.12. The monoisotopic (exact) mass is 246 g/mol. The van der Waals surface area contributed by atoms with Gasteiger partial charge in [-0.25, -0.2) is 8.42 Å². The molecule has 2 amide bonds. The number of rotatable bonds is 1. The molecule has 2 aliphatic rings. The SMILES string of the molecule is O=C1CCC(C(=O)N2CCS(=O)(=O)CC2)N1. The highest BCUT2D eigenvalue weighted by Gasteiger charge is 2.33. The number of carbonyl (C=O) groups is 2. The van der Waals surface area contributed by atoms with Crippen molar-refractivity contribution in [2.24, 2.45) is 0 Å². The van der Waals surface area contributed by atoms with Crippen LogP contribution in [0, 0.1) is 0 Å². The van der Waals surface area contributed by atoms with Crippen LogP contribution in [-0.2, 0) is 19.4 Å². The van der Waals surface area contributed by atoms with Gasteiger partial charge in [-0.2, -0.15) is 0 Å². The van der Waals surface area contributed by atoms with Gasteiger partial charge in [0.2, 0.25) is 11.8 Å². The first-order valence-corrected chi connectivity index (χ1v) is 7.09. The Balaban J connectivity index is 1.94. The van der Waals surface area contributed by atoms with E-state index >= 15 is 0 Å². The Morgan fingerprint density at radius 1 is 1.31 bits per heavy atom. The number of nitrogens with one attached hydrogen (secondary N) is 1. The highest BCUT2D eigenvalue weighted by molar-refractivity contribution is 7.91. The fraction of sp³-hybridized carbons (Fsp3) is 0.778. The van der Waals surface area contributed by atoms with Crippen LogP contribution in [0.1, 0.15) is 12.8 Å². The Morgan fingerprint density at radius 3 is 2.44 bits per heavy atom. The third-order valence-electron chi connectivity index (χ3n) is 2.95. The average Bonchev–Trinajstić information content (AvgIpc) is 2.64. The largest absolute Gasteiger partial charge is 0.344 e. The summed E-state index contributed by atoms with van der Waals surface area (Å²) in [4.78, 5) is 24.4. The predicted molar refractivity (Wildman–Crippen MR) is 56.4 cm³/mol. The first-order valence-electron chi connectivity index (χ1n) is 5.26. The van der Waals surface area contributed by atoms with Gasteiger partial charge in [-0.1, -0.05) is 0 Å². The molecule has 0 aromatic rings. The van der Waals surface area contributed by atoms with Gasteiger partial charge in [-0.3, -0.25) is 9.59 Å². The summed E-state index contributed by atoms with van der Waals surface area (Å²) in [7, 11) is -2.96. The van der Waals surface area contributed by atoms with Gasteiger partial charge in [-0.05, 0) is 6.42 Å². The molecule has 7 heteroatoms. The van der Waals surface area contributed by atoms with E-state index in [1.165, 1.54) is 4.90 Å². The quantitative estimate of drug-likeness (QED) is 0.612. The summed E-state index contributed by atoms with van der Waals surface area (Å²) < 4.78 is 22.4. The molecule has 2 aliphatic heterocycles. The van der Waals surface area contributed by atoms with Crippen molar-refractivity contribution in [1.29, 1.82) is 0 Å². The van der Waals surface area contributed by atoms with Crippen molar-refractivity contribution in [3.63, 3.8) is 0 Å². The zero-order chi connectivity index (χ0) is 11.8. The van der Waals surface area contributed by atoms with Gasteiger partial charge in [0.15, 0.2) is 9.84 Å². The lowest BCUT2D eigenvalue weighted by Crippen LogP contribution is -2.50. The molecule has 2 saturated heterocycles. The second-order valence-electron chi connectivity index (χ2n) is 4.14. The molecule has 2 heterocycles. The molecule has 0 aromatic carbocycles. The summed E-state index contributed by atoms with van der Waals surface area (Å²) in [6.45, 7) is 0.487. The lowest BCUT2D eigenvalue weighted by molar-refractivity contribution is -0.134.